The molecule has 2 aromatic heterocycles. The maximum absolute atomic E-state index is 13.5. The molecule has 1 unspecified atom stereocenters. The number of carbonyl (C=O) groups is 1. The van der Waals surface area contributed by atoms with Crippen LogP contribution in [0.2, 0.25) is 0 Å². The SMILES string of the molecule is Cc1ccc(-c2c(C)sc3ncn(C(C)C(=O)Nc4ccccc4C(F)(F)F)c(=O)c23)cc1C. The van der Waals surface area contributed by atoms with Crippen LogP contribution in [0.3, 0.4) is 0 Å². The molecule has 1 N–H and O–H groups in total. The van der Waals surface area contributed by atoms with Gasteiger partial charge in [-0.15, -0.1) is 11.3 Å². The number of nitrogens with one attached hydrogen (secondary N) is 1. The predicted molar refractivity (Wildman–Crippen MR) is 128 cm³/mol. The van der Waals surface area contributed by atoms with Crippen molar-refractivity contribution in [2.75, 3.05) is 5.32 Å². The van der Waals surface area contributed by atoms with Gasteiger partial charge in [-0.25, -0.2) is 4.98 Å². The number of carbonyl (C=O) groups excluding carboxylic acids is 1. The van der Waals surface area contributed by atoms with Gasteiger partial charge in [0.15, 0.2) is 0 Å². The van der Waals surface area contributed by atoms with Crippen LogP contribution in [0.25, 0.3) is 21.3 Å². The fourth-order valence-corrected chi connectivity index (χ4v) is 4.84. The Kier molecular flexibility index (Phi) is 6.07. The highest BCUT2D eigenvalue weighted by atomic mass is 32.1. The number of thiophene rings is 1. The fourth-order valence-electron chi connectivity index (χ4n) is 3.84. The number of benzene rings is 2. The molecular formula is C25H22F3N3O2S. The Morgan fingerprint density at radius 3 is 2.47 bits per heavy atom. The summed E-state index contributed by atoms with van der Waals surface area (Å²) in [4.78, 5) is 32.2. The van der Waals surface area contributed by atoms with Crippen molar-refractivity contribution in [3.05, 3.63) is 80.7 Å². The van der Waals surface area contributed by atoms with Gasteiger partial charge in [0, 0.05) is 10.4 Å². The smallest absolute Gasteiger partial charge is 0.324 e. The van der Waals surface area contributed by atoms with Crippen molar-refractivity contribution in [1.29, 1.82) is 0 Å². The Morgan fingerprint density at radius 2 is 1.79 bits per heavy atom. The Bertz CT molecular complexity index is 1470. The first kappa shape index (κ1) is 23.7. The van der Waals surface area contributed by atoms with Gasteiger partial charge in [0.25, 0.3) is 5.56 Å². The monoisotopic (exact) mass is 485 g/mol. The average Bonchev–Trinajstić information content (AvgIpc) is 3.12. The normalized spacial score (nSPS) is 12.7. The number of fused-ring (bicyclic) bond motifs is 1. The molecule has 2 heterocycles. The van der Waals surface area contributed by atoms with E-state index in [0.717, 1.165) is 37.8 Å². The molecule has 2 aromatic carbocycles. The number of alkyl halides is 3. The summed E-state index contributed by atoms with van der Waals surface area (Å²) in [6, 6.07) is 9.57. The van der Waals surface area contributed by atoms with Gasteiger partial charge in [-0.1, -0.05) is 30.3 Å². The molecule has 176 valence electrons. The standard InChI is InChI=1S/C25H22F3N3O2S/c1-13-9-10-17(11-14(13)2)20-16(4)34-23-21(20)24(33)31(12-29-23)15(3)22(32)30-19-8-6-5-7-18(19)25(26,27)28/h5-12,15H,1-4H3,(H,30,32). The molecule has 1 atom stereocenters. The second-order valence-electron chi connectivity index (χ2n) is 8.18. The van der Waals surface area contributed by atoms with E-state index in [9.17, 15) is 22.8 Å². The van der Waals surface area contributed by atoms with Crippen molar-refractivity contribution < 1.29 is 18.0 Å². The van der Waals surface area contributed by atoms with Gasteiger partial charge in [0.05, 0.1) is 23.0 Å². The van der Waals surface area contributed by atoms with Crippen LogP contribution in [0, 0.1) is 20.8 Å². The van der Waals surface area contributed by atoms with Gasteiger partial charge in [-0.2, -0.15) is 13.2 Å². The first-order chi connectivity index (χ1) is 16.0. The van der Waals surface area contributed by atoms with Crippen molar-refractivity contribution in [2.24, 2.45) is 0 Å². The number of halogens is 3. The zero-order chi connectivity index (χ0) is 24.8. The summed E-state index contributed by atoms with van der Waals surface area (Å²) in [6.07, 6.45) is -3.36. The van der Waals surface area contributed by atoms with E-state index < -0.39 is 29.2 Å². The third-order valence-corrected chi connectivity index (χ3v) is 6.91. The van der Waals surface area contributed by atoms with Crippen LogP contribution in [0.4, 0.5) is 18.9 Å². The maximum atomic E-state index is 13.5. The van der Waals surface area contributed by atoms with Gasteiger partial charge in [0.1, 0.15) is 10.9 Å². The lowest BCUT2D eigenvalue weighted by Crippen LogP contribution is -2.32. The van der Waals surface area contributed by atoms with Crippen molar-refractivity contribution in [3.63, 3.8) is 0 Å². The molecule has 34 heavy (non-hydrogen) atoms. The highest BCUT2D eigenvalue weighted by molar-refractivity contribution is 7.19. The van der Waals surface area contributed by atoms with Gasteiger partial charge in [-0.05, 0) is 56.5 Å². The minimum absolute atomic E-state index is 0.365. The molecule has 0 aliphatic carbocycles. The van der Waals surface area contributed by atoms with Crippen LogP contribution < -0.4 is 10.9 Å². The predicted octanol–water partition coefficient (Wildman–Crippen LogP) is 6.27. The van der Waals surface area contributed by atoms with Gasteiger partial charge >= 0.3 is 6.18 Å². The Balaban J connectivity index is 1.76. The second kappa shape index (κ2) is 8.72. The second-order valence-corrected chi connectivity index (χ2v) is 9.38. The van der Waals surface area contributed by atoms with E-state index in [2.05, 4.69) is 10.3 Å². The van der Waals surface area contributed by atoms with Crippen LogP contribution in [0.1, 0.15) is 34.5 Å². The fraction of sp³-hybridized carbons (Fsp3) is 0.240. The largest absolute Gasteiger partial charge is 0.418 e. The summed E-state index contributed by atoms with van der Waals surface area (Å²) in [5, 5.41) is 2.70. The molecule has 0 saturated carbocycles. The van der Waals surface area contributed by atoms with E-state index in [1.165, 1.54) is 42.8 Å². The molecule has 0 aliphatic rings. The highest BCUT2D eigenvalue weighted by Gasteiger charge is 2.34. The molecule has 4 rings (SSSR count). The molecule has 0 aliphatic heterocycles. The third-order valence-electron chi connectivity index (χ3n) is 5.90. The van der Waals surface area contributed by atoms with E-state index in [1.807, 2.05) is 39.0 Å². The molecule has 0 fully saturated rings. The lowest BCUT2D eigenvalue weighted by atomic mass is 9.99. The van der Waals surface area contributed by atoms with Crippen LogP contribution >= 0.6 is 11.3 Å². The number of anilines is 1. The van der Waals surface area contributed by atoms with Gasteiger partial charge < -0.3 is 5.32 Å². The summed E-state index contributed by atoms with van der Waals surface area (Å²) >= 11 is 1.38. The van der Waals surface area contributed by atoms with Gasteiger partial charge in [-0.3, -0.25) is 14.2 Å². The highest BCUT2D eigenvalue weighted by Crippen LogP contribution is 2.37. The van der Waals surface area contributed by atoms with Crippen LogP contribution in [-0.2, 0) is 11.0 Å². The quantitative estimate of drug-likeness (QED) is 0.371. The molecule has 0 bridgehead atoms. The summed E-state index contributed by atoms with van der Waals surface area (Å²) < 4.78 is 41.1. The summed E-state index contributed by atoms with van der Waals surface area (Å²) in [6.45, 7) is 7.36. The molecule has 0 radical (unpaired) electrons. The minimum atomic E-state index is -4.63. The molecule has 9 heteroatoms. The van der Waals surface area contributed by atoms with Crippen molar-refractivity contribution in [2.45, 2.75) is 39.9 Å². The number of para-hydroxylation sites is 1. The van der Waals surface area contributed by atoms with Gasteiger partial charge in [0.2, 0.25) is 5.91 Å². The average molecular weight is 486 g/mol. The molecular weight excluding hydrogens is 463 g/mol. The van der Waals surface area contributed by atoms with Crippen molar-refractivity contribution >= 4 is 33.1 Å². The number of amides is 1. The van der Waals surface area contributed by atoms with E-state index in [4.69, 9.17) is 0 Å². The molecule has 1 amide bonds. The lowest BCUT2D eigenvalue weighted by molar-refractivity contribution is -0.137. The number of aromatic nitrogens is 2. The Morgan fingerprint density at radius 1 is 1.09 bits per heavy atom. The Labute approximate surface area is 197 Å². The minimum Gasteiger partial charge on any atom is -0.324 e. The topological polar surface area (TPSA) is 64.0 Å². The molecule has 0 spiro atoms. The van der Waals surface area contributed by atoms with E-state index in [1.54, 1.807) is 0 Å². The van der Waals surface area contributed by atoms with Crippen LogP contribution in [0.15, 0.2) is 53.6 Å². The molecule has 4 aromatic rings. The summed E-state index contributed by atoms with van der Waals surface area (Å²) in [7, 11) is 0. The van der Waals surface area contributed by atoms with Crippen LogP contribution in [-0.4, -0.2) is 15.5 Å². The number of nitrogens with zero attached hydrogens (tertiary/aromatic N) is 2. The number of hydrogen-bond donors (Lipinski definition) is 1. The molecule has 5 nitrogen and oxygen atoms in total. The lowest BCUT2D eigenvalue weighted by Gasteiger charge is -2.18. The first-order valence-corrected chi connectivity index (χ1v) is 11.4. The summed E-state index contributed by atoms with van der Waals surface area (Å²) in [5.41, 5.74) is 2.09. The first-order valence-electron chi connectivity index (χ1n) is 10.5. The molecule has 0 saturated heterocycles. The van der Waals surface area contributed by atoms with E-state index in [-0.39, 0.29) is 5.69 Å². The zero-order valence-corrected chi connectivity index (χ0v) is 19.8. The van der Waals surface area contributed by atoms with Crippen LogP contribution in [0.5, 0.6) is 0 Å². The zero-order valence-electron chi connectivity index (χ0n) is 18.9. The third kappa shape index (κ3) is 4.23. The maximum Gasteiger partial charge on any atom is 0.418 e. The number of hydrogen-bond acceptors (Lipinski definition) is 4. The van der Waals surface area contributed by atoms with Crippen molar-refractivity contribution in [1.82, 2.24) is 9.55 Å². The Hall–Kier alpha value is -3.46. The number of rotatable bonds is 4. The van der Waals surface area contributed by atoms with E-state index >= 15 is 0 Å². The van der Waals surface area contributed by atoms with Crippen molar-refractivity contribution in [3.8, 4) is 11.1 Å². The summed E-state index contributed by atoms with van der Waals surface area (Å²) in [5.74, 6) is -0.750. The number of aryl methyl sites for hydroxylation is 3. The van der Waals surface area contributed by atoms with E-state index in [0.29, 0.717) is 10.2 Å².